The standard InChI is InChI=1S/C21H25.C21H26.C5H5.2ClH.Zr/c1-20(2,3)16-7-9-18-14(12-16)11-15-13-17(21(4,5)6)8-10-19(15)18;1-20(2,3)18-11-7-16(8-12-18)15-17-9-13-19(14-10-17)21(4,5)6;1-2-4-5-3-1;;;/h7-10,12H,11H2,1-6H3;7-14H,1-6H3;1-5H;2*1H;/q-1;;-1;;;+2/p-2. The van der Waals surface area contributed by atoms with Gasteiger partial charge in [-0.1, -0.05) is 65.3 Å². The Hall–Kier alpha value is -2.44. The van der Waals surface area contributed by atoms with Gasteiger partial charge in [0.2, 0.25) is 0 Å². The summed E-state index contributed by atoms with van der Waals surface area (Å²) in [6.07, 6.45) is 1.03. The first-order valence-corrected chi connectivity index (χ1v) is 18.6. The van der Waals surface area contributed by atoms with E-state index >= 15 is 0 Å². The molecule has 0 unspecified atom stereocenters. The van der Waals surface area contributed by atoms with E-state index in [1.807, 2.05) is 30.3 Å². The predicted molar refractivity (Wildman–Crippen MR) is 206 cm³/mol. The first-order valence-electron chi connectivity index (χ1n) is 17.4. The van der Waals surface area contributed by atoms with Crippen molar-refractivity contribution in [2.24, 2.45) is 0 Å². The molecule has 0 amide bonds. The van der Waals surface area contributed by atoms with Crippen LogP contribution in [0.15, 0.2) is 109 Å². The Morgan fingerprint density at radius 1 is 0.540 bits per heavy atom. The predicted octanol–water partition coefficient (Wildman–Crippen LogP) is 6.46. The van der Waals surface area contributed by atoms with Gasteiger partial charge in [-0.3, -0.25) is 0 Å². The molecule has 0 bridgehead atoms. The van der Waals surface area contributed by atoms with E-state index in [-0.39, 0.29) is 46.5 Å². The van der Waals surface area contributed by atoms with Crippen LogP contribution < -0.4 is 24.8 Å². The van der Waals surface area contributed by atoms with E-state index in [1.54, 1.807) is 0 Å². The molecule has 50 heavy (non-hydrogen) atoms. The topological polar surface area (TPSA) is 0 Å². The monoisotopic (exact) mass is 780 g/mol. The molecule has 0 N–H and O–H groups in total. The van der Waals surface area contributed by atoms with Crippen LogP contribution in [0.2, 0.25) is 0 Å². The van der Waals surface area contributed by atoms with Crippen molar-refractivity contribution < 1.29 is 49.0 Å². The van der Waals surface area contributed by atoms with Crippen LogP contribution in [-0.4, -0.2) is 3.21 Å². The zero-order chi connectivity index (χ0) is 35.5. The number of fused-ring (bicyclic) bond motifs is 3. The quantitative estimate of drug-likeness (QED) is 0.177. The maximum atomic E-state index is 3.67. The second-order valence-electron chi connectivity index (χ2n) is 17.3. The van der Waals surface area contributed by atoms with Crippen LogP contribution >= 0.6 is 0 Å². The summed E-state index contributed by atoms with van der Waals surface area (Å²) in [5.41, 5.74) is 14.6. The first kappa shape index (κ1) is 43.7. The number of benzene rings is 4. The largest absolute Gasteiger partial charge is 1.00 e. The van der Waals surface area contributed by atoms with Crippen LogP contribution in [0.3, 0.4) is 0 Å². The fourth-order valence-electron chi connectivity index (χ4n) is 5.79. The molecule has 0 saturated carbocycles. The summed E-state index contributed by atoms with van der Waals surface area (Å²) in [5.74, 6) is 0. The molecule has 0 heterocycles. The summed E-state index contributed by atoms with van der Waals surface area (Å²) in [5, 5.41) is 0. The SMILES string of the molecule is CC(C)(C)c1[c-]c2c(cc1)-c1ccc(C(C)(C)C)cc1C2.CC(C)(C)c1ccc([C](=[Zr+2])c2ccc(C(C)(C)C)cc2)cc1.[Cl-].[Cl-].c1cc[cH-]c1. The smallest absolute Gasteiger partial charge is 0.172 e. The molecule has 3 heteroatoms. The average Bonchev–Trinajstić information content (AvgIpc) is 3.71. The van der Waals surface area contributed by atoms with Crippen molar-refractivity contribution >= 4 is 3.21 Å². The minimum absolute atomic E-state index is 0. The molecule has 1 aliphatic carbocycles. The van der Waals surface area contributed by atoms with Crippen LogP contribution in [0.5, 0.6) is 0 Å². The molecule has 0 saturated heterocycles. The molecule has 5 aromatic carbocycles. The minimum Gasteiger partial charge on any atom is -1.00 e. The second-order valence-corrected chi connectivity index (χ2v) is 18.5. The molecule has 0 radical (unpaired) electrons. The van der Waals surface area contributed by atoms with Gasteiger partial charge >= 0.3 is 151 Å². The van der Waals surface area contributed by atoms with E-state index in [0.717, 1.165) is 6.42 Å². The van der Waals surface area contributed by atoms with E-state index in [9.17, 15) is 0 Å². The molecule has 0 nitrogen and oxygen atoms in total. The molecular weight excluding hydrogens is 727 g/mol. The maximum absolute atomic E-state index is 3.67. The number of hydrogen-bond acceptors (Lipinski definition) is 0. The van der Waals surface area contributed by atoms with E-state index in [4.69, 9.17) is 0 Å². The van der Waals surface area contributed by atoms with Crippen molar-refractivity contribution in [3.05, 3.63) is 160 Å². The summed E-state index contributed by atoms with van der Waals surface area (Å²) < 4.78 is 1.42. The zero-order valence-corrected chi connectivity index (χ0v) is 36.3. The van der Waals surface area contributed by atoms with Gasteiger partial charge in [-0.15, -0.1) is 11.1 Å². The molecule has 0 aromatic heterocycles. The zero-order valence-electron chi connectivity index (χ0n) is 32.4. The van der Waals surface area contributed by atoms with Gasteiger partial charge in [0.05, 0.1) is 0 Å². The third kappa shape index (κ3) is 11.5. The molecule has 5 aromatic rings. The number of hydrogen-bond donors (Lipinski definition) is 0. The van der Waals surface area contributed by atoms with Gasteiger partial charge in [0, 0.05) is 0 Å². The summed E-state index contributed by atoms with van der Waals surface area (Å²) >= 11 is 1.46. The van der Waals surface area contributed by atoms with Gasteiger partial charge in [0.25, 0.3) is 0 Å². The van der Waals surface area contributed by atoms with E-state index in [2.05, 4.69) is 168 Å². The first-order chi connectivity index (χ1) is 22.2. The van der Waals surface area contributed by atoms with Crippen molar-refractivity contribution in [2.45, 2.75) is 111 Å². The van der Waals surface area contributed by atoms with Crippen LogP contribution in [0.4, 0.5) is 0 Å². The molecule has 1 aliphatic rings. The van der Waals surface area contributed by atoms with Gasteiger partial charge in [-0.25, -0.2) is 12.1 Å². The summed E-state index contributed by atoms with van der Waals surface area (Å²) in [6.45, 7) is 27.2. The molecule has 0 fully saturated rings. The minimum atomic E-state index is 0. The third-order valence-electron chi connectivity index (χ3n) is 9.10. The Labute approximate surface area is 332 Å². The fraction of sp³-hybridized carbons (Fsp3) is 0.362. The Bertz CT molecular complexity index is 1660. The fourth-order valence-corrected chi connectivity index (χ4v) is 6.61. The van der Waals surface area contributed by atoms with E-state index in [1.165, 1.54) is 83.1 Å². The average molecular weight is 783 g/mol. The Morgan fingerprint density at radius 2 is 0.960 bits per heavy atom. The van der Waals surface area contributed by atoms with Crippen LogP contribution in [0, 0.1) is 6.07 Å². The van der Waals surface area contributed by atoms with Crippen LogP contribution in [0.1, 0.15) is 128 Å². The van der Waals surface area contributed by atoms with E-state index < -0.39 is 0 Å². The maximum Gasteiger partial charge on any atom is -0.172 e. The Balaban J connectivity index is 0.000000293. The molecule has 0 atom stereocenters. The van der Waals surface area contributed by atoms with Gasteiger partial charge in [-0.2, -0.15) is 42.0 Å². The van der Waals surface area contributed by atoms with Crippen molar-refractivity contribution in [3.8, 4) is 11.1 Å². The Kier molecular flexibility index (Phi) is 15.2. The summed E-state index contributed by atoms with van der Waals surface area (Å²) in [7, 11) is 0. The molecule has 264 valence electrons. The van der Waals surface area contributed by atoms with Crippen molar-refractivity contribution in [3.63, 3.8) is 0 Å². The molecule has 0 aliphatic heterocycles. The van der Waals surface area contributed by atoms with Crippen molar-refractivity contribution in [1.82, 2.24) is 0 Å². The third-order valence-corrected chi connectivity index (χ3v) is 10.5. The second kappa shape index (κ2) is 17.4. The van der Waals surface area contributed by atoms with E-state index in [0.29, 0.717) is 0 Å². The molecule has 0 spiro atoms. The number of rotatable bonds is 2. The van der Waals surface area contributed by atoms with Crippen molar-refractivity contribution in [1.29, 1.82) is 0 Å². The summed E-state index contributed by atoms with van der Waals surface area (Å²) in [6, 6.07) is 43.3. The molecular formula is C47H56Cl2Zr-2. The van der Waals surface area contributed by atoms with Gasteiger partial charge in [0.15, 0.2) is 0 Å². The molecule has 6 rings (SSSR count). The number of halogens is 2. The van der Waals surface area contributed by atoms with Gasteiger partial charge in [0.1, 0.15) is 0 Å². The van der Waals surface area contributed by atoms with Gasteiger partial charge < -0.3 is 24.8 Å². The Morgan fingerprint density at radius 3 is 1.34 bits per heavy atom. The van der Waals surface area contributed by atoms with Crippen LogP contribution in [0.25, 0.3) is 11.1 Å². The summed E-state index contributed by atoms with van der Waals surface area (Å²) in [4.78, 5) is 0. The van der Waals surface area contributed by atoms with Crippen molar-refractivity contribution in [2.75, 3.05) is 0 Å². The normalized spacial score (nSPS) is 12.1. The van der Waals surface area contributed by atoms with Gasteiger partial charge in [-0.05, 0) is 28.4 Å². The van der Waals surface area contributed by atoms with Crippen LogP contribution in [-0.2, 0) is 52.3 Å².